The number of aromatic amines is 1. The van der Waals surface area contributed by atoms with Gasteiger partial charge in [0.2, 0.25) is 5.82 Å². The maximum Gasteiger partial charge on any atom is 0.288 e. The van der Waals surface area contributed by atoms with Crippen molar-refractivity contribution < 1.29 is 4.79 Å². The molecule has 0 aliphatic heterocycles. The van der Waals surface area contributed by atoms with Gasteiger partial charge >= 0.3 is 0 Å². The van der Waals surface area contributed by atoms with Crippen LogP contribution in [0.4, 0.5) is 0 Å². The summed E-state index contributed by atoms with van der Waals surface area (Å²) in [6, 6.07) is 0.151. The maximum absolute atomic E-state index is 11.5. The number of nitrogens with zero attached hydrogens (tertiary/aromatic N) is 2. The molecule has 0 fully saturated rings. The molecule has 2 atom stereocenters. The van der Waals surface area contributed by atoms with E-state index in [4.69, 9.17) is 0 Å². The Labute approximate surface area is 83.3 Å². The predicted octanol–water partition coefficient (Wildman–Crippen LogP) is 0.969. The van der Waals surface area contributed by atoms with Gasteiger partial charge in [0, 0.05) is 6.04 Å². The average Bonchev–Trinajstić information content (AvgIpc) is 2.69. The van der Waals surface area contributed by atoms with Gasteiger partial charge in [0.1, 0.15) is 6.33 Å². The van der Waals surface area contributed by atoms with Gasteiger partial charge in [-0.25, -0.2) is 4.98 Å². The van der Waals surface area contributed by atoms with Crippen LogP contribution in [0.25, 0.3) is 0 Å². The first kappa shape index (κ1) is 10.7. The van der Waals surface area contributed by atoms with Crippen molar-refractivity contribution in [3.63, 3.8) is 0 Å². The van der Waals surface area contributed by atoms with Crippen molar-refractivity contribution in [3.05, 3.63) is 12.2 Å². The molecular weight excluding hydrogens is 180 g/mol. The molecule has 0 saturated heterocycles. The zero-order chi connectivity index (χ0) is 10.6. The average molecular weight is 196 g/mol. The van der Waals surface area contributed by atoms with Crippen LogP contribution in [0.5, 0.6) is 0 Å². The summed E-state index contributed by atoms with van der Waals surface area (Å²) in [6.45, 7) is 6.19. The number of carbonyl (C=O) groups excluding carboxylic acids is 1. The van der Waals surface area contributed by atoms with Crippen LogP contribution in [0.1, 0.15) is 37.8 Å². The Morgan fingerprint density at radius 3 is 2.86 bits per heavy atom. The second-order valence-electron chi connectivity index (χ2n) is 3.48. The van der Waals surface area contributed by atoms with Gasteiger partial charge in [0.25, 0.3) is 5.91 Å². The molecule has 0 bridgehead atoms. The van der Waals surface area contributed by atoms with Gasteiger partial charge < -0.3 is 5.32 Å². The molecule has 2 N–H and O–H groups in total. The first-order valence-corrected chi connectivity index (χ1v) is 4.81. The standard InChI is InChI=1S/C9H16N4O/c1-4-6(2)7(3)12-9(14)8-10-5-11-13-8/h5-7H,4H2,1-3H3,(H,12,14)(H,10,11,13). The number of rotatable bonds is 4. The lowest BCUT2D eigenvalue weighted by molar-refractivity contribution is 0.0918. The molecule has 0 spiro atoms. The Morgan fingerprint density at radius 1 is 1.64 bits per heavy atom. The molecule has 0 saturated carbocycles. The highest BCUT2D eigenvalue weighted by Crippen LogP contribution is 2.06. The van der Waals surface area contributed by atoms with E-state index in [1.54, 1.807) is 0 Å². The van der Waals surface area contributed by atoms with E-state index in [1.807, 2.05) is 6.92 Å². The molecule has 78 valence electrons. The monoisotopic (exact) mass is 196 g/mol. The van der Waals surface area contributed by atoms with Gasteiger partial charge in [-0.05, 0) is 12.8 Å². The van der Waals surface area contributed by atoms with E-state index in [9.17, 15) is 4.79 Å². The molecule has 2 unspecified atom stereocenters. The number of hydrogen-bond donors (Lipinski definition) is 2. The van der Waals surface area contributed by atoms with E-state index in [0.29, 0.717) is 5.92 Å². The summed E-state index contributed by atoms with van der Waals surface area (Å²) in [5.41, 5.74) is 0. The van der Waals surface area contributed by atoms with Crippen molar-refractivity contribution in [2.24, 2.45) is 5.92 Å². The number of H-pyrrole nitrogens is 1. The lowest BCUT2D eigenvalue weighted by Crippen LogP contribution is -2.37. The van der Waals surface area contributed by atoms with E-state index in [2.05, 4.69) is 34.3 Å². The van der Waals surface area contributed by atoms with Crippen molar-refractivity contribution >= 4 is 5.91 Å². The molecule has 1 amide bonds. The summed E-state index contributed by atoms with van der Waals surface area (Å²) >= 11 is 0. The van der Waals surface area contributed by atoms with Crippen LogP contribution in [0.15, 0.2) is 6.33 Å². The third kappa shape index (κ3) is 2.55. The molecule has 5 nitrogen and oxygen atoms in total. The van der Waals surface area contributed by atoms with Gasteiger partial charge in [-0.2, -0.15) is 5.10 Å². The van der Waals surface area contributed by atoms with Gasteiger partial charge in [0.05, 0.1) is 0 Å². The third-order valence-electron chi connectivity index (χ3n) is 2.49. The Balaban J connectivity index is 2.49. The molecule has 5 heteroatoms. The highest BCUT2D eigenvalue weighted by Gasteiger charge is 2.15. The quantitative estimate of drug-likeness (QED) is 0.753. The summed E-state index contributed by atoms with van der Waals surface area (Å²) in [5, 5.41) is 9.00. The van der Waals surface area contributed by atoms with E-state index in [-0.39, 0.29) is 17.8 Å². The van der Waals surface area contributed by atoms with E-state index < -0.39 is 0 Å². The van der Waals surface area contributed by atoms with Crippen LogP contribution >= 0.6 is 0 Å². The normalized spacial score (nSPS) is 14.8. The highest BCUT2D eigenvalue weighted by molar-refractivity contribution is 5.90. The molecule has 1 aromatic heterocycles. The Hall–Kier alpha value is -1.39. The van der Waals surface area contributed by atoms with Crippen LogP contribution in [0.2, 0.25) is 0 Å². The van der Waals surface area contributed by atoms with E-state index >= 15 is 0 Å². The second kappa shape index (κ2) is 4.74. The smallest absolute Gasteiger partial charge is 0.288 e. The lowest BCUT2D eigenvalue weighted by atomic mass is 10.0. The fourth-order valence-corrected chi connectivity index (χ4v) is 1.09. The highest BCUT2D eigenvalue weighted by atomic mass is 16.2. The minimum atomic E-state index is -0.199. The molecule has 1 heterocycles. The number of nitrogens with one attached hydrogen (secondary N) is 2. The van der Waals surface area contributed by atoms with Crippen LogP contribution in [-0.4, -0.2) is 27.1 Å². The number of amides is 1. The van der Waals surface area contributed by atoms with Crippen molar-refractivity contribution in [1.29, 1.82) is 0 Å². The summed E-state index contributed by atoms with van der Waals surface area (Å²) in [6.07, 6.45) is 2.36. The van der Waals surface area contributed by atoms with Crippen LogP contribution in [0.3, 0.4) is 0 Å². The SMILES string of the molecule is CCC(C)C(C)NC(=O)c1ncn[nH]1. The van der Waals surface area contributed by atoms with Gasteiger partial charge in [-0.1, -0.05) is 20.3 Å². The van der Waals surface area contributed by atoms with Crippen molar-refractivity contribution in [2.75, 3.05) is 0 Å². The Bertz CT molecular complexity index is 283. The van der Waals surface area contributed by atoms with Crippen molar-refractivity contribution in [3.8, 4) is 0 Å². The Kier molecular flexibility index (Phi) is 3.62. The summed E-state index contributed by atoms with van der Waals surface area (Å²) in [4.78, 5) is 15.3. The van der Waals surface area contributed by atoms with Gasteiger partial charge in [-0.15, -0.1) is 0 Å². The van der Waals surface area contributed by atoms with Crippen LogP contribution < -0.4 is 5.32 Å². The summed E-state index contributed by atoms with van der Waals surface area (Å²) in [7, 11) is 0. The minimum Gasteiger partial charge on any atom is -0.347 e. The van der Waals surface area contributed by atoms with E-state index in [0.717, 1.165) is 6.42 Å². The van der Waals surface area contributed by atoms with E-state index in [1.165, 1.54) is 6.33 Å². The molecule has 0 aliphatic carbocycles. The number of aromatic nitrogens is 3. The second-order valence-corrected chi connectivity index (χ2v) is 3.48. The minimum absolute atomic E-state index is 0.151. The largest absolute Gasteiger partial charge is 0.347 e. The zero-order valence-corrected chi connectivity index (χ0v) is 8.74. The summed E-state index contributed by atoms with van der Waals surface area (Å²) < 4.78 is 0. The zero-order valence-electron chi connectivity index (χ0n) is 8.74. The molecule has 0 aliphatic rings. The predicted molar refractivity (Wildman–Crippen MR) is 52.8 cm³/mol. The molecule has 0 radical (unpaired) electrons. The van der Waals surface area contributed by atoms with Crippen LogP contribution in [-0.2, 0) is 0 Å². The number of hydrogen-bond acceptors (Lipinski definition) is 3. The summed E-state index contributed by atoms with van der Waals surface area (Å²) in [5.74, 6) is 0.525. The third-order valence-corrected chi connectivity index (χ3v) is 2.49. The van der Waals surface area contributed by atoms with Crippen molar-refractivity contribution in [2.45, 2.75) is 33.2 Å². The van der Waals surface area contributed by atoms with Crippen LogP contribution in [0, 0.1) is 5.92 Å². The first-order valence-electron chi connectivity index (χ1n) is 4.81. The van der Waals surface area contributed by atoms with Gasteiger partial charge in [-0.3, -0.25) is 9.89 Å². The first-order chi connectivity index (χ1) is 6.65. The van der Waals surface area contributed by atoms with Crippen molar-refractivity contribution in [1.82, 2.24) is 20.5 Å². The maximum atomic E-state index is 11.5. The molecule has 1 rings (SSSR count). The molecule has 14 heavy (non-hydrogen) atoms. The fraction of sp³-hybridized carbons (Fsp3) is 0.667. The lowest BCUT2D eigenvalue weighted by Gasteiger charge is -2.18. The number of carbonyl (C=O) groups is 1. The molecular formula is C9H16N4O. The van der Waals surface area contributed by atoms with Gasteiger partial charge in [0.15, 0.2) is 0 Å². The molecule has 1 aromatic rings. The Morgan fingerprint density at radius 2 is 2.36 bits per heavy atom. The fourth-order valence-electron chi connectivity index (χ4n) is 1.09. The topological polar surface area (TPSA) is 70.7 Å². The molecule has 0 aromatic carbocycles.